The number of hydrogen-bond acceptors (Lipinski definition) is 4. The summed E-state index contributed by atoms with van der Waals surface area (Å²) in [5.74, 6) is -1.88. The second-order valence-corrected chi connectivity index (χ2v) is 6.26. The van der Waals surface area contributed by atoms with E-state index in [1.54, 1.807) is 20.8 Å². The molecule has 0 unspecified atom stereocenters. The highest BCUT2D eigenvalue weighted by molar-refractivity contribution is 5.87. The summed E-state index contributed by atoms with van der Waals surface area (Å²) in [5.41, 5.74) is -1.44. The lowest BCUT2D eigenvalue weighted by molar-refractivity contribution is -0.274. The number of rotatable bonds is 3. The molecule has 0 aliphatic heterocycles. The monoisotopic (exact) mass is 356 g/mol. The van der Waals surface area contributed by atoms with Crippen molar-refractivity contribution in [2.24, 2.45) is 0 Å². The van der Waals surface area contributed by atoms with Gasteiger partial charge < -0.3 is 9.84 Å². The Balaban J connectivity index is 2.56. The maximum Gasteiger partial charge on any atom is 0.573 e. The molecule has 0 saturated carbocycles. The Morgan fingerprint density at radius 1 is 1.16 bits per heavy atom. The SMILES string of the molecule is CC(C)(C)c1cc(C(=O)O)c(=O)n(-c2ccc(OC(F)(F)F)cc2)n1. The number of halogens is 3. The van der Waals surface area contributed by atoms with Gasteiger partial charge in [-0.25, -0.2) is 4.79 Å². The zero-order valence-electron chi connectivity index (χ0n) is 13.6. The highest BCUT2D eigenvalue weighted by Crippen LogP contribution is 2.24. The fourth-order valence-corrected chi connectivity index (χ4v) is 1.98. The number of alkyl halides is 3. The Hall–Kier alpha value is -2.84. The maximum absolute atomic E-state index is 12.3. The van der Waals surface area contributed by atoms with Crippen molar-refractivity contribution >= 4 is 5.97 Å². The molecule has 1 aromatic carbocycles. The third-order valence-corrected chi connectivity index (χ3v) is 3.23. The van der Waals surface area contributed by atoms with Gasteiger partial charge in [-0.05, 0) is 30.3 Å². The highest BCUT2D eigenvalue weighted by atomic mass is 19.4. The maximum atomic E-state index is 12.3. The minimum atomic E-state index is -4.83. The quantitative estimate of drug-likeness (QED) is 0.914. The summed E-state index contributed by atoms with van der Waals surface area (Å²) in [6.07, 6.45) is -4.83. The second-order valence-electron chi connectivity index (χ2n) is 6.26. The van der Waals surface area contributed by atoms with Crippen molar-refractivity contribution in [1.29, 1.82) is 0 Å². The van der Waals surface area contributed by atoms with Gasteiger partial charge in [-0.3, -0.25) is 4.79 Å². The van der Waals surface area contributed by atoms with Crippen molar-refractivity contribution < 1.29 is 27.8 Å². The zero-order valence-corrected chi connectivity index (χ0v) is 13.6. The van der Waals surface area contributed by atoms with Crippen LogP contribution >= 0.6 is 0 Å². The Bertz CT molecular complexity index is 850. The van der Waals surface area contributed by atoms with Crippen molar-refractivity contribution in [3.63, 3.8) is 0 Å². The van der Waals surface area contributed by atoms with E-state index in [9.17, 15) is 27.9 Å². The Morgan fingerprint density at radius 2 is 1.72 bits per heavy atom. The van der Waals surface area contributed by atoms with Crippen LogP contribution in [0.3, 0.4) is 0 Å². The van der Waals surface area contributed by atoms with Crippen LogP contribution in [0, 0.1) is 0 Å². The van der Waals surface area contributed by atoms with Gasteiger partial charge in [-0.1, -0.05) is 20.8 Å². The minimum Gasteiger partial charge on any atom is -0.477 e. The van der Waals surface area contributed by atoms with Crippen LogP contribution in [0.2, 0.25) is 0 Å². The van der Waals surface area contributed by atoms with E-state index in [2.05, 4.69) is 9.84 Å². The third kappa shape index (κ3) is 4.37. The van der Waals surface area contributed by atoms with Crippen molar-refractivity contribution in [3.8, 4) is 11.4 Å². The summed E-state index contributed by atoms with van der Waals surface area (Å²) < 4.78 is 41.2. The van der Waals surface area contributed by atoms with E-state index in [-0.39, 0.29) is 5.69 Å². The summed E-state index contributed by atoms with van der Waals surface area (Å²) in [5, 5.41) is 13.4. The van der Waals surface area contributed by atoms with Gasteiger partial charge >= 0.3 is 12.3 Å². The van der Waals surface area contributed by atoms with E-state index in [4.69, 9.17) is 0 Å². The van der Waals surface area contributed by atoms with Crippen LogP contribution < -0.4 is 10.3 Å². The Labute approximate surface area is 140 Å². The molecule has 25 heavy (non-hydrogen) atoms. The van der Waals surface area contributed by atoms with Crippen LogP contribution in [0.4, 0.5) is 13.2 Å². The van der Waals surface area contributed by atoms with Crippen LogP contribution in [0.1, 0.15) is 36.8 Å². The van der Waals surface area contributed by atoms with Crippen molar-refractivity contribution in [2.75, 3.05) is 0 Å². The predicted molar refractivity (Wildman–Crippen MR) is 82.2 cm³/mol. The standard InChI is InChI=1S/C16H15F3N2O4/c1-15(2,3)12-8-11(14(23)24)13(22)21(20-12)9-4-6-10(7-5-9)25-16(17,18)19/h4-8H,1-3H3,(H,23,24). The van der Waals surface area contributed by atoms with Gasteiger partial charge in [0.15, 0.2) is 0 Å². The molecular weight excluding hydrogens is 341 g/mol. The number of ether oxygens (including phenoxy) is 1. The van der Waals surface area contributed by atoms with Crippen LogP contribution in [0.25, 0.3) is 5.69 Å². The van der Waals surface area contributed by atoms with Gasteiger partial charge in [0.25, 0.3) is 5.56 Å². The normalized spacial score (nSPS) is 12.1. The van der Waals surface area contributed by atoms with Crippen LogP contribution in [0.5, 0.6) is 5.75 Å². The van der Waals surface area contributed by atoms with Crippen LogP contribution in [-0.2, 0) is 5.41 Å². The number of carbonyl (C=O) groups is 1. The summed E-state index contributed by atoms with van der Waals surface area (Å²) in [7, 11) is 0. The van der Waals surface area contributed by atoms with E-state index in [0.29, 0.717) is 5.69 Å². The molecule has 134 valence electrons. The molecule has 0 aliphatic rings. The Morgan fingerprint density at radius 3 is 2.16 bits per heavy atom. The number of nitrogens with zero attached hydrogens (tertiary/aromatic N) is 2. The fourth-order valence-electron chi connectivity index (χ4n) is 1.98. The van der Waals surface area contributed by atoms with E-state index < -0.39 is 34.6 Å². The number of hydrogen-bond donors (Lipinski definition) is 1. The molecule has 0 amide bonds. The largest absolute Gasteiger partial charge is 0.573 e. The van der Waals surface area contributed by atoms with E-state index in [0.717, 1.165) is 16.8 Å². The molecule has 1 heterocycles. The summed E-state index contributed by atoms with van der Waals surface area (Å²) in [4.78, 5) is 23.6. The lowest BCUT2D eigenvalue weighted by Gasteiger charge is -2.19. The van der Waals surface area contributed by atoms with E-state index in [1.807, 2.05) is 0 Å². The summed E-state index contributed by atoms with van der Waals surface area (Å²) in [6.45, 7) is 5.36. The summed E-state index contributed by atoms with van der Waals surface area (Å²) in [6, 6.07) is 5.60. The third-order valence-electron chi connectivity index (χ3n) is 3.23. The van der Waals surface area contributed by atoms with Gasteiger partial charge in [0.05, 0.1) is 11.4 Å². The lowest BCUT2D eigenvalue weighted by Crippen LogP contribution is -2.31. The molecule has 0 bridgehead atoms. The number of carboxylic acids is 1. The first-order chi connectivity index (χ1) is 11.4. The summed E-state index contributed by atoms with van der Waals surface area (Å²) >= 11 is 0. The van der Waals surface area contributed by atoms with Gasteiger partial charge in [0.1, 0.15) is 11.3 Å². The first-order valence-corrected chi connectivity index (χ1v) is 7.13. The zero-order chi connectivity index (χ0) is 19.0. The molecule has 2 rings (SSSR count). The van der Waals surface area contributed by atoms with Gasteiger partial charge in [0.2, 0.25) is 0 Å². The average molecular weight is 356 g/mol. The number of aromatic carboxylic acids is 1. The molecule has 9 heteroatoms. The highest BCUT2D eigenvalue weighted by Gasteiger charge is 2.31. The van der Waals surface area contributed by atoms with Crippen molar-refractivity contribution in [3.05, 3.63) is 51.9 Å². The molecule has 0 fully saturated rings. The number of carboxylic acid groups (broad SMARTS) is 1. The molecular formula is C16H15F3N2O4. The molecule has 0 spiro atoms. The second kappa shape index (κ2) is 6.23. The van der Waals surface area contributed by atoms with E-state index >= 15 is 0 Å². The molecule has 6 nitrogen and oxygen atoms in total. The molecule has 1 aromatic heterocycles. The first kappa shape index (κ1) is 18.5. The first-order valence-electron chi connectivity index (χ1n) is 7.13. The smallest absolute Gasteiger partial charge is 0.477 e. The van der Waals surface area contributed by atoms with Gasteiger partial charge in [0, 0.05) is 5.41 Å². The topological polar surface area (TPSA) is 81.4 Å². The fraction of sp³-hybridized carbons (Fsp3) is 0.312. The average Bonchev–Trinajstić information content (AvgIpc) is 2.45. The molecule has 0 atom stereocenters. The van der Waals surface area contributed by atoms with Crippen LogP contribution in [0.15, 0.2) is 35.1 Å². The lowest BCUT2D eigenvalue weighted by atomic mass is 9.91. The minimum absolute atomic E-state index is 0.119. The van der Waals surface area contributed by atoms with Gasteiger partial charge in [-0.2, -0.15) is 9.78 Å². The van der Waals surface area contributed by atoms with E-state index in [1.165, 1.54) is 18.2 Å². The number of benzene rings is 1. The van der Waals surface area contributed by atoms with Crippen molar-refractivity contribution in [1.82, 2.24) is 9.78 Å². The van der Waals surface area contributed by atoms with Crippen LogP contribution in [-0.4, -0.2) is 27.2 Å². The van der Waals surface area contributed by atoms with Crippen molar-refractivity contribution in [2.45, 2.75) is 32.5 Å². The molecule has 0 radical (unpaired) electrons. The molecule has 1 N–H and O–H groups in total. The predicted octanol–water partition coefficient (Wildman–Crippen LogP) is 3.13. The molecule has 0 saturated heterocycles. The number of aromatic nitrogens is 2. The molecule has 2 aromatic rings. The van der Waals surface area contributed by atoms with Gasteiger partial charge in [-0.15, -0.1) is 13.2 Å². The molecule has 0 aliphatic carbocycles. The Kier molecular flexibility index (Phi) is 4.61.